The van der Waals surface area contributed by atoms with E-state index in [-0.39, 0.29) is 11.8 Å². The Morgan fingerprint density at radius 3 is 1.88 bits per heavy atom. The van der Waals surface area contributed by atoms with Gasteiger partial charge < -0.3 is 0 Å². The van der Waals surface area contributed by atoms with Gasteiger partial charge in [0, 0.05) is 11.8 Å². The lowest BCUT2D eigenvalue weighted by Gasteiger charge is -2.21. The zero-order chi connectivity index (χ0) is 10.9. The lowest BCUT2D eigenvalue weighted by molar-refractivity contribution is -0.118. The molecule has 4 aliphatic carbocycles. The molecule has 0 saturated heterocycles. The van der Waals surface area contributed by atoms with E-state index in [0.717, 1.165) is 12.8 Å². The van der Waals surface area contributed by atoms with Crippen molar-refractivity contribution in [3.63, 3.8) is 0 Å². The fraction of sp³-hybridized carbons (Fsp3) is 0.571. The molecule has 82 valence electrons. The second kappa shape index (κ2) is 2.73. The molecule has 0 N–H and O–H groups in total. The Morgan fingerprint density at radius 2 is 1.38 bits per heavy atom. The first-order valence-electron chi connectivity index (χ1n) is 6.20. The molecule has 0 aliphatic heterocycles. The molecule has 0 aromatic carbocycles. The Hall–Kier alpha value is -1.18. The highest BCUT2D eigenvalue weighted by Crippen LogP contribution is 2.59. The number of allylic oxidation sites excluding steroid dienone is 4. The minimum atomic E-state index is 0.250. The first-order chi connectivity index (χ1) is 7.75. The van der Waals surface area contributed by atoms with Crippen LogP contribution in [0.15, 0.2) is 24.3 Å². The van der Waals surface area contributed by atoms with Crippen LogP contribution in [-0.2, 0) is 9.59 Å². The molecule has 2 fully saturated rings. The maximum Gasteiger partial charge on any atom is 0.159 e. The molecule has 0 amide bonds. The standard InChI is InChI=1S/C14H14O2/c15-12-3-1-8-10(12)5-7-6-11-9(14(7)8)2-4-13(11)16/h1-4,7-11,14H,5-6H2. The Labute approximate surface area is 94.4 Å². The second-order valence-electron chi connectivity index (χ2n) is 5.70. The highest BCUT2D eigenvalue weighted by atomic mass is 16.1. The predicted octanol–water partition coefficient (Wildman–Crippen LogP) is 1.77. The normalized spacial score (nSPS) is 52.2. The summed E-state index contributed by atoms with van der Waals surface area (Å²) >= 11 is 0. The molecule has 2 nitrogen and oxygen atoms in total. The van der Waals surface area contributed by atoms with E-state index in [0.29, 0.717) is 35.2 Å². The SMILES string of the molecule is O=C1C=CC2C1CC1CC3C(=O)C=CC3C12. The summed E-state index contributed by atoms with van der Waals surface area (Å²) in [6.45, 7) is 0. The number of ketones is 2. The third kappa shape index (κ3) is 0.892. The van der Waals surface area contributed by atoms with Crippen LogP contribution < -0.4 is 0 Å². The Kier molecular flexibility index (Phi) is 1.52. The van der Waals surface area contributed by atoms with Gasteiger partial charge in [0.2, 0.25) is 0 Å². The largest absolute Gasteiger partial charge is 0.295 e. The van der Waals surface area contributed by atoms with Gasteiger partial charge in [-0.05, 0) is 48.7 Å². The van der Waals surface area contributed by atoms with Crippen LogP contribution in [0, 0.1) is 35.5 Å². The summed E-state index contributed by atoms with van der Waals surface area (Å²) < 4.78 is 0. The van der Waals surface area contributed by atoms with E-state index in [1.165, 1.54) is 0 Å². The Bertz CT molecular complexity index is 406. The van der Waals surface area contributed by atoms with E-state index in [4.69, 9.17) is 0 Å². The average Bonchev–Trinajstić information content (AvgIpc) is 2.92. The summed E-state index contributed by atoms with van der Waals surface area (Å²) in [6, 6.07) is 0. The van der Waals surface area contributed by atoms with Crippen LogP contribution >= 0.6 is 0 Å². The lowest BCUT2D eigenvalue weighted by atomic mass is 9.82. The summed E-state index contributed by atoms with van der Waals surface area (Å²) in [5, 5.41) is 0. The average molecular weight is 214 g/mol. The van der Waals surface area contributed by atoms with Crippen LogP contribution in [-0.4, -0.2) is 11.6 Å². The quantitative estimate of drug-likeness (QED) is 0.616. The minimum Gasteiger partial charge on any atom is -0.295 e. The number of carbonyl (C=O) groups excluding carboxylic acids is 2. The summed E-state index contributed by atoms with van der Waals surface area (Å²) in [7, 11) is 0. The molecule has 4 atom stereocenters. The van der Waals surface area contributed by atoms with E-state index >= 15 is 0 Å². The molecule has 4 aliphatic rings. The van der Waals surface area contributed by atoms with Crippen LogP contribution in [0.3, 0.4) is 0 Å². The highest BCUT2D eigenvalue weighted by Gasteiger charge is 2.57. The van der Waals surface area contributed by atoms with Gasteiger partial charge in [0.05, 0.1) is 0 Å². The molecule has 0 bridgehead atoms. The summed E-state index contributed by atoms with van der Waals surface area (Å²) in [5.41, 5.74) is 0. The van der Waals surface area contributed by atoms with Crippen molar-refractivity contribution in [2.45, 2.75) is 12.8 Å². The van der Waals surface area contributed by atoms with Gasteiger partial charge in [-0.15, -0.1) is 0 Å². The molecule has 0 heterocycles. The summed E-state index contributed by atoms with van der Waals surface area (Å²) in [5.74, 6) is 3.20. The zero-order valence-corrected chi connectivity index (χ0v) is 9.00. The molecule has 0 aromatic heterocycles. The van der Waals surface area contributed by atoms with Gasteiger partial charge in [-0.3, -0.25) is 9.59 Å². The maximum atomic E-state index is 11.7. The van der Waals surface area contributed by atoms with E-state index in [1.807, 2.05) is 0 Å². The fourth-order valence-electron chi connectivity index (χ4n) is 4.59. The number of fused-ring (bicyclic) bond motifs is 5. The molecular weight excluding hydrogens is 200 g/mol. The third-order valence-corrected chi connectivity index (χ3v) is 5.17. The van der Waals surface area contributed by atoms with Crippen LogP contribution in [0.2, 0.25) is 0 Å². The van der Waals surface area contributed by atoms with Gasteiger partial charge in [-0.2, -0.15) is 0 Å². The number of hydrogen-bond donors (Lipinski definition) is 0. The highest BCUT2D eigenvalue weighted by molar-refractivity contribution is 5.96. The first-order valence-corrected chi connectivity index (χ1v) is 6.20. The molecule has 4 unspecified atom stereocenters. The molecule has 4 rings (SSSR count). The maximum absolute atomic E-state index is 11.7. The molecule has 2 heteroatoms. The summed E-state index contributed by atoms with van der Waals surface area (Å²) in [6.07, 6.45) is 9.79. The van der Waals surface area contributed by atoms with Gasteiger partial charge in [0.25, 0.3) is 0 Å². The van der Waals surface area contributed by atoms with Gasteiger partial charge in [-0.1, -0.05) is 12.2 Å². The van der Waals surface area contributed by atoms with E-state index in [2.05, 4.69) is 12.2 Å². The van der Waals surface area contributed by atoms with Crippen molar-refractivity contribution >= 4 is 11.6 Å². The Balaban J connectivity index is 1.72. The van der Waals surface area contributed by atoms with Crippen molar-refractivity contribution in [1.82, 2.24) is 0 Å². The van der Waals surface area contributed by atoms with Crippen molar-refractivity contribution in [3.8, 4) is 0 Å². The van der Waals surface area contributed by atoms with E-state index in [1.54, 1.807) is 12.2 Å². The molecule has 0 aromatic rings. The lowest BCUT2D eigenvalue weighted by Crippen LogP contribution is -2.21. The van der Waals surface area contributed by atoms with Gasteiger partial charge in [0.1, 0.15) is 0 Å². The third-order valence-electron chi connectivity index (χ3n) is 5.17. The van der Waals surface area contributed by atoms with Crippen molar-refractivity contribution in [3.05, 3.63) is 24.3 Å². The molecular formula is C14H14O2. The second-order valence-corrected chi connectivity index (χ2v) is 5.70. The van der Waals surface area contributed by atoms with Crippen molar-refractivity contribution in [2.75, 3.05) is 0 Å². The fourth-order valence-corrected chi connectivity index (χ4v) is 4.59. The van der Waals surface area contributed by atoms with Crippen LogP contribution in [0.4, 0.5) is 0 Å². The van der Waals surface area contributed by atoms with Gasteiger partial charge in [0.15, 0.2) is 11.6 Å². The monoisotopic (exact) mass is 214 g/mol. The Morgan fingerprint density at radius 1 is 0.875 bits per heavy atom. The van der Waals surface area contributed by atoms with E-state index in [9.17, 15) is 9.59 Å². The smallest absolute Gasteiger partial charge is 0.159 e. The van der Waals surface area contributed by atoms with Crippen LogP contribution in [0.25, 0.3) is 0 Å². The topological polar surface area (TPSA) is 34.1 Å². The number of rotatable bonds is 0. The molecule has 0 radical (unpaired) electrons. The molecule has 16 heavy (non-hydrogen) atoms. The van der Waals surface area contributed by atoms with Crippen LogP contribution in [0.5, 0.6) is 0 Å². The zero-order valence-electron chi connectivity index (χ0n) is 9.00. The van der Waals surface area contributed by atoms with E-state index < -0.39 is 0 Å². The predicted molar refractivity (Wildman–Crippen MR) is 58.5 cm³/mol. The van der Waals surface area contributed by atoms with Crippen molar-refractivity contribution in [1.29, 1.82) is 0 Å². The molecule has 0 spiro atoms. The van der Waals surface area contributed by atoms with Crippen molar-refractivity contribution < 1.29 is 9.59 Å². The number of hydrogen-bond acceptors (Lipinski definition) is 2. The number of carbonyl (C=O) groups is 2. The van der Waals surface area contributed by atoms with Crippen molar-refractivity contribution in [2.24, 2.45) is 35.5 Å². The molecule has 2 saturated carbocycles. The minimum absolute atomic E-state index is 0.250. The first kappa shape index (κ1) is 8.91. The van der Waals surface area contributed by atoms with Crippen LogP contribution in [0.1, 0.15) is 12.8 Å². The van der Waals surface area contributed by atoms with Gasteiger partial charge in [-0.25, -0.2) is 0 Å². The van der Waals surface area contributed by atoms with Gasteiger partial charge >= 0.3 is 0 Å². The summed E-state index contributed by atoms with van der Waals surface area (Å²) in [4.78, 5) is 23.3.